The third-order valence-electron chi connectivity index (χ3n) is 3.18. The molecule has 0 saturated carbocycles. The summed E-state index contributed by atoms with van der Waals surface area (Å²) >= 11 is 3.63. The molecular weight excluding hydrogens is 288 g/mol. The maximum atomic E-state index is 5.74. The normalized spacial score (nSPS) is 13.6. The second-order valence-corrected chi connectivity index (χ2v) is 6.51. The smallest absolute Gasteiger partial charge is 0.0213 e. The van der Waals surface area contributed by atoms with E-state index in [4.69, 9.17) is 5.73 Å². The van der Waals surface area contributed by atoms with Crippen LogP contribution < -0.4 is 11.1 Å². The molecule has 3 heteroatoms. The maximum absolute atomic E-state index is 5.74. The van der Waals surface area contributed by atoms with Gasteiger partial charge in [-0.2, -0.15) is 0 Å². The molecule has 0 aromatic heterocycles. The lowest BCUT2D eigenvalue weighted by molar-refractivity contribution is 0.457. The van der Waals surface area contributed by atoms with Gasteiger partial charge in [0.15, 0.2) is 0 Å². The molecule has 0 heterocycles. The number of benzene rings is 1. The largest absolute Gasteiger partial charge is 0.328 e. The number of hydrogen-bond acceptors (Lipinski definition) is 2. The molecule has 1 aromatic rings. The summed E-state index contributed by atoms with van der Waals surface area (Å²) in [5.74, 6) is 0. The van der Waals surface area contributed by atoms with E-state index in [0.717, 1.165) is 25.9 Å². The summed E-state index contributed by atoms with van der Waals surface area (Å²) in [5, 5.41) is 3.53. The molecule has 0 radical (unpaired) electrons. The minimum absolute atomic E-state index is 0.133. The number of nitrogens with two attached hydrogens (primary N) is 1. The zero-order valence-corrected chi connectivity index (χ0v) is 13.3. The second kappa shape index (κ2) is 7.27. The molecule has 1 atom stereocenters. The third kappa shape index (κ3) is 5.09. The van der Waals surface area contributed by atoms with Gasteiger partial charge in [-0.1, -0.05) is 48.0 Å². The molecule has 102 valence electrons. The van der Waals surface area contributed by atoms with Gasteiger partial charge in [0.2, 0.25) is 0 Å². The van der Waals surface area contributed by atoms with Crippen molar-refractivity contribution in [1.29, 1.82) is 0 Å². The van der Waals surface area contributed by atoms with Crippen molar-refractivity contribution < 1.29 is 0 Å². The van der Waals surface area contributed by atoms with Crippen LogP contribution in [0.15, 0.2) is 28.7 Å². The van der Waals surface area contributed by atoms with E-state index in [9.17, 15) is 0 Å². The molecule has 3 N–H and O–H groups in total. The minimum atomic E-state index is 0.133. The van der Waals surface area contributed by atoms with Gasteiger partial charge in [0.05, 0.1) is 0 Å². The van der Waals surface area contributed by atoms with Crippen molar-refractivity contribution in [3.8, 4) is 0 Å². The summed E-state index contributed by atoms with van der Waals surface area (Å²) in [6.45, 7) is 8.62. The zero-order chi connectivity index (χ0) is 13.6. The van der Waals surface area contributed by atoms with Gasteiger partial charge >= 0.3 is 0 Å². The van der Waals surface area contributed by atoms with E-state index in [0.29, 0.717) is 6.04 Å². The van der Waals surface area contributed by atoms with Crippen LogP contribution in [0.3, 0.4) is 0 Å². The highest BCUT2D eigenvalue weighted by molar-refractivity contribution is 9.10. The van der Waals surface area contributed by atoms with Gasteiger partial charge < -0.3 is 11.1 Å². The van der Waals surface area contributed by atoms with Gasteiger partial charge in [0.1, 0.15) is 0 Å². The van der Waals surface area contributed by atoms with Crippen molar-refractivity contribution in [3.05, 3.63) is 34.3 Å². The van der Waals surface area contributed by atoms with Crippen LogP contribution >= 0.6 is 15.9 Å². The van der Waals surface area contributed by atoms with Gasteiger partial charge in [-0.05, 0) is 37.9 Å². The molecule has 0 saturated heterocycles. The van der Waals surface area contributed by atoms with Gasteiger partial charge in [0, 0.05) is 22.5 Å². The Hall–Kier alpha value is -0.380. The van der Waals surface area contributed by atoms with E-state index in [-0.39, 0.29) is 5.41 Å². The first-order chi connectivity index (χ1) is 8.43. The topological polar surface area (TPSA) is 38.0 Å². The molecule has 0 aliphatic heterocycles. The van der Waals surface area contributed by atoms with Crippen LogP contribution in [-0.2, 0) is 5.41 Å². The van der Waals surface area contributed by atoms with Crippen LogP contribution in [0.1, 0.15) is 39.2 Å². The number of nitrogens with one attached hydrogen (secondary N) is 1. The van der Waals surface area contributed by atoms with E-state index in [1.54, 1.807) is 0 Å². The van der Waals surface area contributed by atoms with Crippen LogP contribution in [0.2, 0.25) is 0 Å². The minimum Gasteiger partial charge on any atom is -0.328 e. The van der Waals surface area contributed by atoms with Gasteiger partial charge in [0.25, 0.3) is 0 Å². The van der Waals surface area contributed by atoms with Crippen molar-refractivity contribution in [2.24, 2.45) is 5.73 Å². The number of halogens is 1. The summed E-state index contributed by atoms with van der Waals surface area (Å²) in [6.07, 6.45) is 2.23. The Bertz CT molecular complexity index is 361. The lowest BCUT2D eigenvalue weighted by atomic mass is 9.84. The SMILES string of the molecule is CC(N)CCCNCC(C)(C)c1ccccc1Br. The molecule has 1 unspecified atom stereocenters. The highest BCUT2D eigenvalue weighted by atomic mass is 79.9. The Morgan fingerprint density at radius 1 is 1.33 bits per heavy atom. The van der Waals surface area contributed by atoms with Crippen molar-refractivity contribution in [3.63, 3.8) is 0 Å². The molecule has 0 bridgehead atoms. The Morgan fingerprint density at radius 2 is 2.00 bits per heavy atom. The monoisotopic (exact) mass is 312 g/mol. The standard InChI is InChI=1S/C15H25BrN2/c1-12(17)7-6-10-18-11-15(2,3)13-8-4-5-9-14(13)16/h4-5,8-9,12,18H,6-7,10-11,17H2,1-3H3. The first-order valence-corrected chi connectivity index (χ1v) is 7.44. The van der Waals surface area contributed by atoms with E-state index < -0.39 is 0 Å². The predicted octanol–water partition coefficient (Wildman–Crippen LogP) is 3.44. The van der Waals surface area contributed by atoms with Gasteiger partial charge in [-0.25, -0.2) is 0 Å². The van der Waals surface area contributed by atoms with Crippen LogP contribution in [0.25, 0.3) is 0 Å². The third-order valence-corrected chi connectivity index (χ3v) is 3.87. The Kier molecular flexibility index (Phi) is 6.33. The van der Waals surface area contributed by atoms with Crippen LogP contribution in [0, 0.1) is 0 Å². The fourth-order valence-corrected chi connectivity index (χ4v) is 2.88. The molecule has 1 aromatic carbocycles. The van der Waals surface area contributed by atoms with Crippen molar-refractivity contribution in [2.45, 2.75) is 45.1 Å². The lowest BCUT2D eigenvalue weighted by Gasteiger charge is -2.27. The van der Waals surface area contributed by atoms with E-state index in [1.165, 1.54) is 10.0 Å². The summed E-state index contributed by atoms with van der Waals surface area (Å²) in [7, 11) is 0. The summed E-state index contributed by atoms with van der Waals surface area (Å²) in [5.41, 5.74) is 7.22. The lowest BCUT2D eigenvalue weighted by Crippen LogP contribution is -2.34. The Morgan fingerprint density at radius 3 is 2.61 bits per heavy atom. The van der Waals surface area contributed by atoms with Gasteiger partial charge in [-0.3, -0.25) is 0 Å². The Balaban J connectivity index is 2.43. The highest BCUT2D eigenvalue weighted by Crippen LogP contribution is 2.29. The van der Waals surface area contributed by atoms with Gasteiger partial charge in [-0.15, -0.1) is 0 Å². The predicted molar refractivity (Wildman–Crippen MR) is 82.9 cm³/mol. The zero-order valence-electron chi connectivity index (χ0n) is 11.7. The second-order valence-electron chi connectivity index (χ2n) is 5.66. The van der Waals surface area contributed by atoms with E-state index >= 15 is 0 Å². The van der Waals surface area contributed by atoms with Crippen LogP contribution in [-0.4, -0.2) is 19.1 Å². The molecule has 0 aliphatic rings. The quantitative estimate of drug-likeness (QED) is 0.757. The van der Waals surface area contributed by atoms with E-state index in [1.807, 2.05) is 0 Å². The first-order valence-electron chi connectivity index (χ1n) is 6.65. The summed E-state index contributed by atoms with van der Waals surface area (Å²) in [4.78, 5) is 0. The average molecular weight is 313 g/mol. The van der Waals surface area contributed by atoms with Crippen LogP contribution in [0.4, 0.5) is 0 Å². The molecule has 0 fully saturated rings. The molecule has 0 amide bonds. The molecule has 2 nitrogen and oxygen atoms in total. The average Bonchev–Trinajstić information content (AvgIpc) is 2.28. The van der Waals surface area contributed by atoms with Crippen molar-refractivity contribution in [1.82, 2.24) is 5.32 Å². The van der Waals surface area contributed by atoms with Crippen molar-refractivity contribution in [2.75, 3.05) is 13.1 Å². The maximum Gasteiger partial charge on any atom is 0.0213 e. The number of hydrogen-bond donors (Lipinski definition) is 2. The fourth-order valence-electron chi connectivity index (χ4n) is 2.06. The number of rotatable bonds is 7. The Labute approximate surface area is 119 Å². The molecule has 0 spiro atoms. The summed E-state index contributed by atoms with van der Waals surface area (Å²) < 4.78 is 1.19. The molecule has 1 rings (SSSR count). The first kappa shape index (κ1) is 15.7. The fraction of sp³-hybridized carbons (Fsp3) is 0.600. The van der Waals surface area contributed by atoms with Crippen molar-refractivity contribution >= 4 is 15.9 Å². The highest BCUT2D eigenvalue weighted by Gasteiger charge is 2.21. The van der Waals surface area contributed by atoms with E-state index in [2.05, 4.69) is 66.3 Å². The molecular formula is C15H25BrN2. The molecule has 18 heavy (non-hydrogen) atoms. The molecule has 0 aliphatic carbocycles. The van der Waals surface area contributed by atoms with Crippen LogP contribution in [0.5, 0.6) is 0 Å². The summed E-state index contributed by atoms with van der Waals surface area (Å²) in [6, 6.07) is 8.75.